The van der Waals surface area contributed by atoms with E-state index in [1.54, 1.807) is 18.4 Å². The van der Waals surface area contributed by atoms with Gasteiger partial charge in [0.1, 0.15) is 10.6 Å². The first-order chi connectivity index (χ1) is 17.6. The third kappa shape index (κ3) is 4.89. The molecule has 1 saturated heterocycles. The van der Waals surface area contributed by atoms with Crippen molar-refractivity contribution in [2.45, 2.75) is 0 Å². The molecule has 1 aliphatic heterocycles. The van der Waals surface area contributed by atoms with E-state index in [9.17, 15) is 4.79 Å². The molecule has 0 bridgehead atoms. The third-order valence-electron chi connectivity index (χ3n) is 6.22. The number of nitrogens with one attached hydrogen (secondary N) is 2. The highest BCUT2D eigenvalue weighted by atomic mass is 32.1. The van der Waals surface area contributed by atoms with Crippen LogP contribution in [0.2, 0.25) is 0 Å². The minimum absolute atomic E-state index is 0.274. The second kappa shape index (κ2) is 10.3. The summed E-state index contributed by atoms with van der Waals surface area (Å²) in [5.41, 5.74) is 4.11. The van der Waals surface area contributed by atoms with Gasteiger partial charge in [0.25, 0.3) is 0 Å². The number of ether oxygens (including phenoxy) is 1. The Morgan fingerprint density at radius 1 is 1.08 bits per heavy atom. The number of methoxy groups -OCH3 is 1. The van der Waals surface area contributed by atoms with Gasteiger partial charge in [0.05, 0.1) is 29.9 Å². The number of carbonyl (C=O) groups excluding carboxylic acids is 1. The number of piperazine rings is 1. The zero-order valence-corrected chi connectivity index (χ0v) is 21.1. The van der Waals surface area contributed by atoms with Gasteiger partial charge in [-0.1, -0.05) is 36.9 Å². The van der Waals surface area contributed by atoms with Gasteiger partial charge in [-0.2, -0.15) is 0 Å². The Labute approximate surface area is 214 Å². The molecule has 2 aromatic carbocycles. The third-order valence-corrected chi connectivity index (χ3v) is 7.03. The van der Waals surface area contributed by atoms with Crippen molar-refractivity contribution in [3.63, 3.8) is 0 Å². The van der Waals surface area contributed by atoms with Gasteiger partial charge in [0.2, 0.25) is 11.9 Å². The van der Waals surface area contributed by atoms with E-state index in [0.717, 1.165) is 53.3 Å². The van der Waals surface area contributed by atoms with Crippen LogP contribution in [0.15, 0.2) is 66.6 Å². The molecule has 0 unspecified atom stereocenters. The van der Waals surface area contributed by atoms with Crippen molar-refractivity contribution >= 4 is 50.5 Å². The Balaban J connectivity index is 1.56. The zero-order chi connectivity index (χ0) is 25.1. The molecule has 1 aliphatic rings. The van der Waals surface area contributed by atoms with E-state index in [1.165, 1.54) is 6.08 Å². The van der Waals surface area contributed by atoms with Gasteiger partial charge in [-0.05, 0) is 30.6 Å². The van der Waals surface area contributed by atoms with Crippen LogP contribution in [-0.4, -0.2) is 61.1 Å². The van der Waals surface area contributed by atoms with Gasteiger partial charge in [-0.25, -0.2) is 9.97 Å². The number of likely N-dealkylation sites (N-methyl/N-ethyl adjacent to an activating group) is 1. The van der Waals surface area contributed by atoms with Crippen molar-refractivity contribution in [2.75, 3.05) is 55.9 Å². The van der Waals surface area contributed by atoms with Gasteiger partial charge in [-0.15, -0.1) is 11.3 Å². The predicted octanol–water partition coefficient (Wildman–Crippen LogP) is 4.99. The van der Waals surface area contributed by atoms with Crippen molar-refractivity contribution in [3.8, 4) is 17.0 Å². The topological polar surface area (TPSA) is 82.6 Å². The van der Waals surface area contributed by atoms with E-state index >= 15 is 0 Å². The first-order valence-electron chi connectivity index (χ1n) is 11.7. The predicted molar refractivity (Wildman–Crippen MR) is 148 cm³/mol. The number of rotatable bonds is 7. The summed E-state index contributed by atoms with van der Waals surface area (Å²) in [5.74, 6) is 0.816. The number of thiophene rings is 1. The smallest absolute Gasteiger partial charge is 0.247 e. The van der Waals surface area contributed by atoms with Crippen LogP contribution >= 0.6 is 11.3 Å². The van der Waals surface area contributed by atoms with E-state index in [2.05, 4.69) is 34.1 Å². The summed E-state index contributed by atoms with van der Waals surface area (Å²) in [6.07, 6.45) is 1.27. The lowest BCUT2D eigenvalue weighted by Crippen LogP contribution is -2.44. The van der Waals surface area contributed by atoms with Crippen molar-refractivity contribution < 1.29 is 9.53 Å². The lowest BCUT2D eigenvalue weighted by Gasteiger charge is -2.35. The lowest BCUT2D eigenvalue weighted by molar-refractivity contribution is -0.111. The van der Waals surface area contributed by atoms with E-state index in [-0.39, 0.29) is 5.91 Å². The molecule has 2 N–H and O–H groups in total. The van der Waals surface area contributed by atoms with Crippen LogP contribution in [0, 0.1) is 0 Å². The Kier molecular flexibility index (Phi) is 6.84. The fourth-order valence-electron chi connectivity index (χ4n) is 4.28. The van der Waals surface area contributed by atoms with Crippen LogP contribution in [0.4, 0.5) is 23.0 Å². The van der Waals surface area contributed by atoms with Crippen molar-refractivity contribution in [3.05, 3.63) is 66.6 Å². The second-order valence-corrected chi connectivity index (χ2v) is 9.47. The minimum atomic E-state index is -0.274. The quantitative estimate of drug-likeness (QED) is 0.346. The standard InChI is InChI=1S/C27H28N6O2S/c1-4-24(34)28-20-16-21(23(35-3)17-22(20)33-13-11-32(2)12-14-33)29-27-30-25(18-8-6-5-7-9-18)19-10-15-36-26(19)31-27/h4-10,15-17H,1,11-14H2,2-3H3,(H,28,34)(H,29,30,31). The molecule has 0 spiro atoms. The number of hydrogen-bond donors (Lipinski definition) is 2. The Bertz CT molecular complexity index is 1400. The first-order valence-corrected chi connectivity index (χ1v) is 12.6. The summed E-state index contributed by atoms with van der Waals surface area (Å²) in [5, 5.41) is 9.33. The van der Waals surface area contributed by atoms with E-state index in [1.807, 2.05) is 53.9 Å². The molecule has 0 aliphatic carbocycles. The van der Waals surface area contributed by atoms with Crippen LogP contribution < -0.4 is 20.3 Å². The highest BCUT2D eigenvalue weighted by Crippen LogP contribution is 2.39. The van der Waals surface area contributed by atoms with Gasteiger partial charge in [-0.3, -0.25) is 4.79 Å². The maximum absolute atomic E-state index is 12.3. The summed E-state index contributed by atoms with van der Waals surface area (Å²) in [7, 11) is 3.74. The van der Waals surface area contributed by atoms with Crippen LogP contribution in [-0.2, 0) is 4.79 Å². The molecule has 9 heteroatoms. The monoisotopic (exact) mass is 500 g/mol. The maximum atomic E-state index is 12.3. The Hall–Kier alpha value is -3.95. The molecule has 0 saturated carbocycles. The summed E-state index contributed by atoms with van der Waals surface area (Å²) in [6, 6.07) is 15.9. The molecule has 8 nitrogen and oxygen atoms in total. The number of amides is 1. The van der Waals surface area contributed by atoms with Crippen molar-refractivity contribution in [2.24, 2.45) is 0 Å². The van der Waals surface area contributed by atoms with Gasteiger partial charge >= 0.3 is 0 Å². The summed E-state index contributed by atoms with van der Waals surface area (Å²) in [6.45, 7) is 7.18. The SMILES string of the molecule is C=CC(=O)Nc1cc(Nc2nc(-c3ccccc3)c3ccsc3n2)c(OC)cc1N1CCN(C)CC1. The average Bonchev–Trinajstić information content (AvgIpc) is 3.38. The highest BCUT2D eigenvalue weighted by Gasteiger charge is 2.21. The highest BCUT2D eigenvalue weighted by molar-refractivity contribution is 7.16. The fraction of sp³-hybridized carbons (Fsp3) is 0.222. The summed E-state index contributed by atoms with van der Waals surface area (Å²) in [4.78, 5) is 27.3. The van der Waals surface area contributed by atoms with Crippen LogP contribution in [0.25, 0.3) is 21.5 Å². The number of benzene rings is 2. The number of anilines is 4. The zero-order valence-electron chi connectivity index (χ0n) is 20.3. The number of nitrogens with zero attached hydrogens (tertiary/aromatic N) is 4. The molecule has 0 atom stereocenters. The summed E-state index contributed by atoms with van der Waals surface area (Å²) >= 11 is 1.57. The Morgan fingerprint density at radius 3 is 2.58 bits per heavy atom. The van der Waals surface area contributed by atoms with Gasteiger partial charge in [0.15, 0.2) is 0 Å². The lowest BCUT2D eigenvalue weighted by atomic mass is 10.1. The van der Waals surface area contributed by atoms with Gasteiger partial charge in [0, 0.05) is 43.2 Å². The minimum Gasteiger partial charge on any atom is -0.494 e. The number of aromatic nitrogens is 2. The largest absolute Gasteiger partial charge is 0.494 e. The molecule has 1 fully saturated rings. The van der Waals surface area contributed by atoms with Crippen molar-refractivity contribution in [1.29, 1.82) is 0 Å². The normalized spacial score (nSPS) is 14.0. The number of hydrogen-bond acceptors (Lipinski definition) is 8. The van der Waals surface area contributed by atoms with E-state index < -0.39 is 0 Å². The van der Waals surface area contributed by atoms with Crippen LogP contribution in [0.1, 0.15) is 0 Å². The number of carbonyl (C=O) groups is 1. The Morgan fingerprint density at radius 2 is 1.86 bits per heavy atom. The molecule has 4 aromatic rings. The molecule has 1 amide bonds. The van der Waals surface area contributed by atoms with Crippen LogP contribution in [0.5, 0.6) is 5.75 Å². The average molecular weight is 501 g/mol. The van der Waals surface area contributed by atoms with Crippen molar-refractivity contribution in [1.82, 2.24) is 14.9 Å². The second-order valence-electron chi connectivity index (χ2n) is 8.58. The van der Waals surface area contributed by atoms with Crippen LogP contribution in [0.3, 0.4) is 0 Å². The molecule has 36 heavy (non-hydrogen) atoms. The molecular formula is C27H28N6O2S. The van der Waals surface area contributed by atoms with E-state index in [4.69, 9.17) is 14.7 Å². The molecule has 184 valence electrons. The fourth-order valence-corrected chi connectivity index (χ4v) is 5.04. The molecule has 3 heterocycles. The molecular weight excluding hydrogens is 472 g/mol. The molecule has 2 aromatic heterocycles. The summed E-state index contributed by atoms with van der Waals surface area (Å²) < 4.78 is 5.76. The van der Waals surface area contributed by atoms with Gasteiger partial charge < -0.3 is 25.2 Å². The molecule has 5 rings (SSSR count). The first kappa shape index (κ1) is 23.8. The van der Waals surface area contributed by atoms with E-state index in [0.29, 0.717) is 23.1 Å². The number of fused-ring (bicyclic) bond motifs is 1. The maximum Gasteiger partial charge on any atom is 0.247 e. The molecule has 0 radical (unpaired) electrons.